The largest absolute Gasteiger partial charge is 0.481 e. The number of halogens is 1. The molecule has 0 aromatic carbocycles. The minimum absolute atomic E-state index is 0.200. The Morgan fingerprint density at radius 2 is 2.18 bits per heavy atom. The van der Waals surface area contributed by atoms with Gasteiger partial charge in [0.05, 0.1) is 8.79 Å². The highest BCUT2D eigenvalue weighted by Crippen LogP contribution is 2.29. The topological polar surface area (TPSA) is 57.6 Å². The fraction of sp³-hybridized carbons (Fsp3) is 0.455. The van der Waals surface area contributed by atoms with Crippen molar-refractivity contribution >= 4 is 44.6 Å². The molecule has 0 aliphatic heterocycles. The summed E-state index contributed by atoms with van der Waals surface area (Å²) in [7, 11) is 0. The number of amides is 1. The van der Waals surface area contributed by atoms with Crippen LogP contribution >= 0.6 is 27.3 Å². The van der Waals surface area contributed by atoms with E-state index in [4.69, 9.17) is 5.11 Å². The lowest BCUT2D eigenvalue weighted by molar-refractivity contribution is -0.137. The SMILES string of the molecule is O=CN(CCCCCC(=O)O)c1ccc(Br)s1. The smallest absolute Gasteiger partial charge is 0.303 e. The predicted molar refractivity (Wildman–Crippen MR) is 71.5 cm³/mol. The Morgan fingerprint density at radius 3 is 2.71 bits per heavy atom. The first-order valence-electron chi connectivity index (χ1n) is 5.32. The lowest BCUT2D eigenvalue weighted by Crippen LogP contribution is -2.21. The number of hydrogen-bond acceptors (Lipinski definition) is 3. The van der Waals surface area contributed by atoms with Crippen molar-refractivity contribution < 1.29 is 14.7 Å². The number of hydrogen-bond donors (Lipinski definition) is 1. The quantitative estimate of drug-likeness (QED) is 0.591. The second-order valence-electron chi connectivity index (χ2n) is 3.58. The molecule has 1 N–H and O–H groups in total. The highest BCUT2D eigenvalue weighted by atomic mass is 79.9. The second-order valence-corrected chi connectivity index (χ2v) is 6.02. The first-order chi connectivity index (χ1) is 8.13. The third kappa shape index (κ3) is 5.32. The van der Waals surface area contributed by atoms with Crippen molar-refractivity contribution in [1.29, 1.82) is 0 Å². The Morgan fingerprint density at radius 1 is 1.41 bits per heavy atom. The summed E-state index contributed by atoms with van der Waals surface area (Å²) >= 11 is 4.86. The standard InChI is InChI=1S/C11H14BrNO3S/c12-9-5-6-10(17-9)13(8-14)7-3-1-2-4-11(15)16/h5-6,8H,1-4,7H2,(H,15,16). The number of rotatable bonds is 8. The molecule has 4 nitrogen and oxygen atoms in total. The Labute approximate surface area is 112 Å². The number of carboxylic acid groups (broad SMARTS) is 1. The Kier molecular flexibility index (Phi) is 6.21. The minimum atomic E-state index is -0.764. The van der Waals surface area contributed by atoms with Gasteiger partial charge in [0.2, 0.25) is 6.41 Å². The molecule has 0 saturated heterocycles. The van der Waals surface area contributed by atoms with Crippen LogP contribution in [0, 0.1) is 0 Å². The molecule has 0 atom stereocenters. The highest BCUT2D eigenvalue weighted by molar-refractivity contribution is 9.11. The van der Waals surface area contributed by atoms with E-state index < -0.39 is 5.97 Å². The number of unbranched alkanes of at least 4 members (excludes halogenated alkanes) is 2. The molecule has 1 aromatic heterocycles. The van der Waals surface area contributed by atoms with Gasteiger partial charge in [0.1, 0.15) is 0 Å². The van der Waals surface area contributed by atoms with E-state index in [0.29, 0.717) is 13.0 Å². The summed E-state index contributed by atoms with van der Waals surface area (Å²) in [6.45, 7) is 0.635. The van der Waals surface area contributed by atoms with Crippen LogP contribution in [-0.2, 0) is 9.59 Å². The lowest BCUT2D eigenvalue weighted by atomic mass is 10.2. The van der Waals surface area contributed by atoms with Crippen molar-refractivity contribution in [1.82, 2.24) is 0 Å². The monoisotopic (exact) mass is 319 g/mol. The van der Waals surface area contributed by atoms with Gasteiger partial charge in [-0.05, 0) is 40.9 Å². The molecule has 0 aliphatic rings. The molecule has 1 rings (SSSR count). The van der Waals surface area contributed by atoms with Gasteiger partial charge in [-0.1, -0.05) is 6.42 Å². The maximum Gasteiger partial charge on any atom is 0.303 e. The molecule has 17 heavy (non-hydrogen) atoms. The van der Waals surface area contributed by atoms with E-state index in [0.717, 1.165) is 28.0 Å². The molecule has 0 unspecified atom stereocenters. The lowest BCUT2D eigenvalue weighted by Gasteiger charge is -2.14. The average Bonchev–Trinajstić information content (AvgIpc) is 2.70. The third-order valence-electron chi connectivity index (χ3n) is 2.26. The number of aliphatic carboxylic acids is 1. The molecule has 1 heterocycles. The van der Waals surface area contributed by atoms with Gasteiger partial charge in [0.15, 0.2) is 0 Å². The predicted octanol–water partition coefficient (Wildman–Crippen LogP) is 3.12. The molecule has 0 fully saturated rings. The van der Waals surface area contributed by atoms with Crippen LogP contribution < -0.4 is 4.90 Å². The molecular weight excluding hydrogens is 306 g/mol. The van der Waals surface area contributed by atoms with Gasteiger partial charge in [-0.15, -0.1) is 11.3 Å². The molecular formula is C11H14BrNO3S. The zero-order valence-corrected chi connectivity index (χ0v) is 11.7. The van der Waals surface area contributed by atoms with Gasteiger partial charge in [-0.3, -0.25) is 9.59 Å². The first kappa shape index (κ1) is 14.2. The maximum absolute atomic E-state index is 10.9. The molecule has 0 spiro atoms. The molecule has 6 heteroatoms. The summed E-state index contributed by atoms with van der Waals surface area (Å²) in [5, 5.41) is 9.39. The summed E-state index contributed by atoms with van der Waals surface area (Å²) in [4.78, 5) is 22.9. The summed E-state index contributed by atoms with van der Waals surface area (Å²) in [5.74, 6) is -0.764. The van der Waals surface area contributed by atoms with Crippen LogP contribution in [0.25, 0.3) is 0 Å². The van der Waals surface area contributed by atoms with Crippen LogP contribution in [0.15, 0.2) is 15.9 Å². The van der Waals surface area contributed by atoms with Crippen molar-refractivity contribution in [2.45, 2.75) is 25.7 Å². The molecule has 1 aromatic rings. The summed E-state index contributed by atoms with van der Waals surface area (Å²) in [6.07, 6.45) is 3.32. The van der Waals surface area contributed by atoms with Crippen LogP contribution in [0.3, 0.4) is 0 Å². The summed E-state index contributed by atoms with van der Waals surface area (Å²) < 4.78 is 0.991. The van der Waals surface area contributed by atoms with Crippen molar-refractivity contribution in [3.05, 3.63) is 15.9 Å². The van der Waals surface area contributed by atoms with Crippen LogP contribution in [0.1, 0.15) is 25.7 Å². The van der Waals surface area contributed by atoms with E-state index >= 15 is 0 Å². The number of thiophene rings is 1. The highest BCUT2D eigenvalue weighted by Gasteiger charge is 2.07. The second kappa shape index (κ2) is 7.45. The Bertz CT molecular complexity index is 381. The van der Waals surface area contributed by atoms with Crippen LogP contribution in [0.2, 0.25) is 0 Å². The van der Waals surface area contributed by atoms with E-state index in [1.807, 2.05) is 12.1 Å². The fourth-order valence-electron chi connectivity index (χ4n) is 1.41. The van der Waals surface area contributed by atoms with E-state index in [-0.39, 0.29) is 6.42 Å². The normalized spacial score (nSPS) is 10.2. The van der Waals surface area contributed by atoms with Crippen LogP contribution in [-0.4, -0.2) is 24.0 Å². The van der Waals surface area contributed by atoms with Gasteiger partial charge < -0.3 is 10.0 Å². The average molecular weight is 320 g/mol. The van der Waals surface area contributed by atoms with Gasteiger partial charge in [0.25, 0.3) is 0 Å². The molecule has 1 amide bonds. The van der Waals surface area contributed by atoms with Crippen molar-refractivity contribution in [2.24, 2.45) is 0 Å². The van der Waals surface area contributed by atoms with Crippen LogP contribution in [0.4, 0.5) is 5.00 Å². The van der Waals surface area contributed by atoms with E-state index in [9.17, 15) is 9.59 Å². The van der Waals surface area contributed by atoms with Crippen LogP contribution in [0.5, 0.6) is 0 Å². The molecule has 0 radical (unpaired) electrons. The first-order valence-corrected chi connectivity index (χ1v) is 6.93. The minimum Gasteiger partial charge on any atom is -0.481 e. The van der Waals surface area contributed by atoms with Crippen molar-refractivity contribution in [3.63, 3.8) is 0 Å². The molecule has 0 bridgehead atoms. The number of anilines is 1. The number of carbonyl (C=O) groups is 2. The molecule has 94 valence electrons. The van der Waals surface area contributed by atoms with Crippen molar-refractivity contribution in [2.75, 3.05) is 11.4 Å². The molecule has 0 saturated carbocycles. The van der Waals surface area contributed by atoms with E-state index in [1.165, 1.54) is 11.3 Å². The van der Waals surface area contributed by atoms with Crippen molar-refractivity contribution in [3.8, 4) is 0 Å². The maximum atomic E-state index is 10.9. The summed E-state index contributed by atoms with van der Waals surface area (Å²) in [5.41, 5.74) is 0. The van der Waals surface area contributed by atoms with Gasteiger partial charge in [-0.2, -0.15) is 0 Å². The van der Waals surface area contributed by atoms with Gasteiger partial charge in [-0.25, -0.2) is 0 Å². The molecule has 0 aliphatic carbocycles. The number of carbonyl (C=O) groups excluding carboxylic acids is 1. The number of nitrogens with zero attached hydrogens (tertiary/aromatic N) is 1. The van der Waals surface area contributed by atoms with E-state index in [1.54, 1.807) is 4.90 Å². The zero-order chi connectivity index (χ0) is 12.7. The Balaban J connectivity index is 2.28. The van der Waals surface area contributed by atoms with E-state index in [2.05, 4.69) is 15.9 Å². The van der Waals surface area contributed by atoms with Gasteiger partial charge in [0, 0.05) is 13.0 Å². The number of carboxylic acids is 1. The van der Waals surface area contributed by atoms with Gasteiger partial charge >= 0.3 is 5.97 Å². The summed E-state index contributed by atoms with van der Waals surface area (Å²) in [6, 6.07) is 3.79. The fourth-order valence-corrected chi connectivity index (χ4v) is 2.76. The zero-order valence-electron chi connectivity index (χ0n) is 9.26. The third-order valence-corrected chi connectivity index (χ3v) is 3.92. The Hall–Kier alpha value is -0.880.